The molecular weight excluding hydrogens is 362 g/mol. The molecule has 28 heavy (non-hydrogen) atoms. The number of carbonyl (C=O) groups is 3. The molecule has 2 N–H and O–H groups in total. The average molecular weight is 389 g/mol. The fourth-order valence-electron chi connectivity index (χ4n) is 3.46. The third-order valence-electron chi connectivity index (χ3n) is 5.16. The Morgan fingerprint density at radius 2 is 2.07 bits per heavy atom. The molecule has 0 radical (unpaired) electrons. The number of benzene rings is 1. The molecule has 0 aromatic heterocycles. The second kappa shape index (κ2) is 9.05. The lowest BCUT2D eigenvalue weighted by molar-refractivity contribution is -0.131. The minimum atomic E-state index is -0.668. The van der Waals surface area contributed by atoms with Crippen LogP contribution in [0, 0.1) is 5.92 Å². The van der Waals surface area contributed by atoms with Gasteiger partial charge in [-0.3, -0.25) is 14.4 Å². The van der Waals surface area contributed by atoms with Gasteiger partial charge in [0, 0.05) is 31.8 Å². The first-order chi connectivity index (χ1) is 13.5. The smallest absolute Gasteiger partial charge is 0.242 e. The van der Waals surface area contributed by atoms with Crippen LogP contribution in [-0.4, -0.2) is 56.7 Å². The summed E-state index contributed by atoms with van der Waals surface area (Å²) in [5, 5.41) is 5.52. The molecule has 1 aromatic rings. The molecule has 1 aromatic carbocycles. The molecule has 3 rings (SSSR count). The molecule has 2 fully saturated rings. The van der Waals surface area contributed by atoms with Gasteiger partial charge >= 0.3 is 0 Å². The van der Waals surface area contributed by atoms with Crippen molar-refractivity contribution in [1.29, 1.82) is 0 Å². The molecule has 0 bridgehead atoms. The van der Waals surface area contributed by atoms with Crippen LogP contribution < -0.4 is 20.3 Å². The molecule has 0 aliphatic carbocycles. The standard InChI is InChI=1S/C20H27N3O5/c1-13(19(25)21-11-17-4-3-9-28-17)22-20(26)14-10-18(24)23(12-14)15-5-7-16(27-2)8-6-15/h5-8,13-14,17H,3-4,9-12H2,1-2H3,(H,21,25)(H,22,26)/t13-,14+,17+/m0/s1. The van der Waals surface area contributed by atoms with Crippen LogP contribution >= 0.6 is 0 Å². The van der Waals surface area contributed by atoms with Gasteiger partial charge in [-0.1, -0.05) is 0 Å². The number of nitrogens with one attached hydrogen (secondary N) is 2. The van der Waals surface area contributed by atoms with E-state index < -0.39 is 12.0 Å². The zero-order chi connectivity index (χ0) is 20.1. The monoisotopic (exact) mass is 389 g/mol. The van der Waals surface area contributed by atoms with Crippen molar-refractivity contribution in [3.63, 3.8) is 0 Å². The molecule has 3 amide bonds. The van der Waals surface area contributed by atoms with Gasteiger partial charge in [-0.2, -0.15) is 0 Å². The Balaban J connectivity index is 1.49. The van der Waals surface area contributed by atoms with E-state index in [2.05, 4.69) is 10.6 Å². The Labute approximate surface area is 164 Å². The summed E-state index contributed by atoms with van der Waals surface area (Å²) in [7, 11) is 1.58. The third-order valence-corrected chi connectivity index (χ3v) is 5.16. The number of hydrogen-bond donors (Lipinski definition) is 2. The highest BCUT2D eigenvalue weighted by Crippen LogP contribution is 2.27. The number of hydrogen-bond acceptors (Lipinski definition) is 5. The van der Waals surface area contributed by atoms with Crippen LogP contribution in [0.15, 0.2) is 24.3 Å². The molecule has 8 nitrogen and oxygen atoms in total. The van der Waals surface area contributed by atoms with Crippen molar-refractivity contribution in [1.82, 2.24) is 10.6 Å². The van der Waals surface area contributed by atoms with E-state index in [9.17, 15) is 14.4 Å². The summed E-state index contributed by atoms with van der Waals surface area (Å²) >= 11 is 0. The Bertz CT molecular complexity index is 715. The first-order valence-corrected chi connectivity index (χ1v) is 9.62. The third kappa shape index (κ3) is 4.81. The van der Waals surface area contributed by atoms with Gasteiger partial charge in [0.2, 0.25) is 17.7 Å². The van der Waals surface area contributed by atoms with E-state index in [-0.39, 0.29) is 30.2 Å². The molecule has 2 heterocycles. The summed E-state index contributed by atoms with van der Waals surface area (Å²) in [6, 6.07) is 6.46. The van der Waals surface area contributed by atoms with E-state index in [0.29, 0.717) is 18.8 Å². The molecule has 0 unspecified atom stereocenters. The van der Waals surface area contributed by atoms with Gasteiger partial charge in [0.25, 0.3) is 0 Å². The van der Waals surface area contributed by atoms with Gasteiger partial charge in [0.05, 0.1) is 19.1 Å². The molecule has 0 saturated carbocycles. The zero-order valence-corrected chi connectivity index (χ0v) is 16.3. The molecule has 0 spiro atoms. The quantitative estimate of drug-likeness (QED) is 0.721. The van der Waals surface area contributed by atoms with Crippen molar-refractivity contribution in [2.45, 2.75) is 38.3 Å². The number of amides is 3. The van der Waals surface area contributed by atoms with Crippen LogP contribution in [0.2, 0.25) is 0 Å². The van der Waals surface area contributed by atoms with E-state index in [1.807, 2.05) is 0 Å². The molecule has 3 atom stereocenters. The molecular formula is C20H27N3O5. The first kappa shape index (κ1) is 20.1. The summed E-state index contributed by atoms with van der Waals surface area (Å²) < 4.78 is 10.6. The average Bonchev–Trinajstić information content (AvgIpc) is 3.35. The maximum absolute atomic E-state index is 12.5. The maximum Gasteiger partial charge on any atom is 0.242 e. The van der Waals surface area contributed by atoms with E-state index >= 15 is 0 Å². The van der Waals surface area contributed by atoms with E-state index in [1.54, 1.807) is 43.2 Å². The van der Waals surface area contributed by atoms with Gasteiger partial charge in [-0.15, -0.1) is 0 Å². The minimum Gasteiger partial charge on any atom is -0.497 e. The van der Waals surface area contributed by atoms with Crippen molar-refractivity contribution < 1.29 is 23.9 Å². The van der Waals surface area contributed by atoms with Gasteiger partial charge in [-0.05, 0) is 44.0 Å². The zero-order valence-electron chi connectivity index (χ0n) is 16.3. The Kier molecular flexibility index (Phi) is 6.51. The molecule has 2 saturated heterocycles. The van der Waals surface area contributed by atoms with Crippen molar-refractivity contribution in [2.75, 3.05) is 31.7 Å². The van der Waals surface area contributed by atoms with Crippen LogP contribution in [-0.2, 0) is 19.1 Å². The van der Waals surface area contributed by atoms with Crippen LogP contribution in [0.5, 0.6) is 5.75 Å². The SMILES string of the molecule is COc1ccc(N2C[C@H](C(=O)N[C@@H](C)C(=O)NC[C@H]3CCCO3)CC2=O)cc1. The first-order valence-electron chi connectivity index (χ1n) is 9.62. The van der Waals surface area contributed by atoms with Crippen LogP contribution in [0.4, 0.5) is 5.69 Å². The van der Waals surface area contributed by atoms with Crippen LogP contribution in [0.3, 0.4) is 0 Å². The number of rotatable bonds is 7. The molecule has 8 heteroatoms. The lowest BCUT2D eigenvalue weighted by atomic mass is 10.1. The fraction of sp³-hybridized carbons (Fsp3) is 0.550. The largest absolute Gasteiger partial charge is 0.497 e. The number of anilines is 1. The number of carbonyl (C=O) groups excluding carboxylic acids is 3. The topological polar surface area (TPSA) is 97.0 Å². The second-order valence-corrected chi connectivity index (χ2v) is 7.21. The van der Waals surface area contributed by atoms with Crippen LogP contribution in [0.1, 0.15) is 26.2 Å². The Hall–Kier alpha value is -2.61. The normalized spacial score (nSPS) is 22.8. The number of methoxy groups -OCH3 is 1. The minimum absolute atomic E-state index is 0.0531. The Morgan fingerprint density at radius 3 is 2.71 bits per heavy atom. The van der Waals surface area contributed by atoms with E-state index in [0.717, 1.165) is 25.1 Å². The number of ether oxygens (including phenoxy) is 2. The van der Waals surface area contributed by atoms with E-state index in [4.69, 9.17) is 9.47 Å². The van der Waals surface area contributed by atoms with Gasteiger partial charge in [0.1, 0.15) is 11.8 Å². The Morgan fingerprint density at radius 1 is 1.32 bits per heavy atom. The summed E-state index contributed by atoms with van der Waals surface area (Å²) in [5.41, 5.74) is 0.725. The summed E-state index contributed by atoms with van der Waals surface area (Å²) in [6.07, 6.45) is 2.12. The highest BCUT2D eigenvalue weighted by atomic mass is 16.5. The molecule has 2 aliphatic heterocycles. The lowest BCUT2D eigenvalue weighted by Gasteiger charge is -2.19. The predicted octanol–water partition coefficient (Wildman–Crippen LogP) is 0.848. The van der Waals surface area contributed by atoms with Gasteiger partial charge < -0.3 is 25.0 Å². The van der Waals surface area contributed by atoms with Gasteiger partial charge in [0.15, 0.2) is 0 Å². The van der Waals surface area contributed by atoms with Crippen molar-refractivity contribution in [2.24, 2.45) is 5.92 Å². The molecule has 152 valence electrons. The van der Waals surface area contributed by atoms with Crippen molar-refractivity contribution in [3.8, 4) is 5.75 Å². The maximum atomic E-state index is 12.5. The highest BCUT2D eigenvalue weighted by molar-refractivity contribution is 6.01. The summed E-state index contributed by atoms with van der Waals surface area (Å²) in [5.74, 6) is -0.430. The highest BCUT2D eigenvalue weighted by Gasteiger charge is 2.36. The number of nitrogens with zero attached hydrogens (tertiary/aromatic N) is 1. The van der Waals surface area contributed by atoms with Crippen molar-refractivity contribution in [3.05, 3.63) is 24.3 Å². The van der Waals surface area contributed by atoms with Gasteiger partial charge in [-0.25, -0.2) is 0 Å². The van der Waals surface area contributed by atoms with Crippen molar-refractivity contribution >= 4 is 23.4 Å². The van der Waals surface area contributed by atoms with Crippen LogP contribution in [0.25, 0.3) is 0 Å². The predicted molar refractivity (Wildman–Crippen MR) is 103 cm³/mol. The molecule has 2 aliphatic rings. The lowest BCUT2D eigenvalue weighted by Crippen LogP contribution is -2.48. The van der Waals surface area contributed by atoms with E-state index in [1.165, 1.54) is 0 Å². The summed E-state index contributed by atoms with van der Waals surface area (Å²) in [6.45, 7) is 3.11. The fourth-order valence-corrected chi connectivity index (χ4v) is 3.46. The summed E-state index contributed by atoms with van der Waals surface area (Å²) in [4.78, 5) is 38.6. The second-order valence-electron chi connectivity index (χ2n) is 7.21.